The van der Waals surface area contributed by atoms with E-state index in [1.807, 2.05) is 0 Å². The van der Waals surface area contributed by atoms with Gasteiger partial charge in [-0.05, 0) is 36.1 Å². The lowest BCUT2D eigenvalue weighted by Crippen LogP contribution is -2.51. The van der Waals surface area contributed by atoms with E-state index in [0.717, 1.165) is 18.2 Å². The fourth-order valence-electron chi connectivity index (χ4n) is 3.16. The predicted octanol–water partition coefficient (Wildman–Crippen LogP) is 1.51. The van der Waals surface area contributed by atoms with Crippen molar-refractivity contribution in [2.75, 3.05) is 13.1 Å². The number of aliphatic hydroxyl groups is 1. The smallest absolute Gasteiger partial charge is 0.335 e. The van der Waals surface area contributed by atoms with Gasteiger partial charge in [-0.2, -0.15) is 0 Å². The number of halogens is 2. The molecule has 2 unspecified atom stereocenters. The minimum absolute atomic E-state index is 0.0280. The highest BCUT2D eigenvalue weighted by atomic mass is 19.1. The summed E-state index contributed by atoms with van der Waals surface area (Å²) in [7, 11) is 0. The Balaban J connectivity index is 1.63. The van der Waals surface area contributed by atoms with Crippen LogP contribution >= 0.6 is 0 Å². The molecule has 7 heteroatoms. The minimum atomic E-state index is -1.78. The van der Waals surface area contributed by atoms with Crippen molar-refractivity contribution >= 4 is 11.9 Å². The number of carboxylic acids is 1. The second-order valence-electron chi connectivity index (χ2n) is 6.28. The fraction of sp³-hybridized carbons (Fsp3) is 0.500. The number of likely N-dealkylation sites (tertiary alicyclic amines) is 1. The lowest BCUT2D eigenvalue weighted by atomic mass is 9.91. The highest BCUT2D eigenvalue weighted by Gasteiger charge is 2.49. The van der Waals surface area contributed by atoms with Crippen molar-refractivity contribution in [2.24, 2.45) is 5.92 Å². The molecule has 1 amide bonds. The number of aliphatic carboxylic acids is 1. The SMILES string of the molecule is O=C(C1CC1c1cc(F)ccc1F)N1CCC(O)(C(=O)O)CC1. The molecule has 1 heterocycles. The first kappa shape index (κ1) is 15.9. The number of hydrogen-bond acceptors (Lipinski definition) is 3. The summed E-state index contributed by atoms with van der Waals surface area (Å²) in [5.74, 6) is -3.27. The summed E-state index contributed by atoms with van der Waals surface area (Å²) < 4.78 is 27.0. The molecule has 23 heavy (non-hydrogen) atoms. The number of carbonyl (C=O) groups is 2. The van der Waals surface area contributed by atoms with Crippen LogP contribution in [0.25, 0.3) is 0 Å². The van der Waals surface area contributed by atoms with Gasteiger partial charge in [-0.25, -0.2) is 13.6 Å². The van der Waals surface area contributed by atoms with Crippen molar-refractivity contribution in [3.8, 4) is 0 Å². The molecule has 2 atom stereocenters. The van der Waals surface area contributed by atoms with E-state index in [1.54, 1.807) is 0 Å². The molecule has 1 aromatic rings. The van der Waals surface area contributed by atoms with Crippen molar-refractivity contribution in [3.05, 3.63) is 35.4 Å². The van der Waals surface area contributed by atoms with E-state index in [2.05, 4.69) is 0 Å². The second-order valence-corrected chi connectivity index (χ2v) is 6.28. The normalized spacial score (nSPS) is 26.0. The Morgan fingerprint density at radius 2 is 1.87 bits per heavy atom. The van der Waals surface area contributed by atoms with Crippen molar-refractivity contribution in [2.45, 2.75) is 30.8 Å². The Bertz CT molecular complexity index is 655. The molecule has 3 rings (SSSR count). The second kappa shape index (κ2) is 5.56. The third-order valence-electron chi connectivity index (χ3n) is 4.77. The molecular formula is C16H17F2NO4. The van der Waals surface area contributed by atoms with Gasteiger partial charge in [0.25, 0.3) is 0 Å². The number of hydrogen-bond donors (Lipinski definition) is 2. The summed E-state index contributed by atoms with van der Waals surface area (Å²) in [5, 5.41) is 18.8. The number of carbonyl (C=O) groups excluding carboxylic acids is 1. The topological polar surface area (TPSA) is 77.8 Å². The lowest BCUT2D eigenvalue weighted by Gasteiger charge is -2.35. The first-order valence-electron chi connectivity index (χ1n) is 7.51. The highest BCUT2D eigenvalue weighted by Crippen LogP contribution is 2.49. The monoisotopic (exact) mass is 325 g/mol. The largest absolute Gasteiger partial charge is 0.479 e. The van der Waals surface area contributed by atoms with E-state index < -0.39 is 29.1 Å². The molecule has 0 aromatic heterocycles. The van der Waals surface area contributed by atoms with E-state index >= 15 is 0 Å². The van der Waals surface area contributed by atoms with Crippen molar-refractivity contribution in [1.82, 2.24) is 4.90 Å². The Kier molecular flexibility index (Phi) is 3.83. The molecule has 2 aliphatic rings. The van der Waals surface area contributed by atoms with Crippen LogP contribution in [0.4, 0.5) is 8.78 Å². The van der Waals surface area contributed by atoms with Crippen LogP contribution in [0, 0.1) is 17.6 Å². The molecule has 5 nitrogen and oxygen atoms in total. The summed E-state index contributed by atoms with van der Waals surface area (Å²) in [6.07, 6.45) is 0.401. The molecule has 1 aliphatic heterocycles. The average molecular weight is 325 g/mol. The Morgan fingerprint density at radius 1 is 1.22 bits per heavy atom. The molecule has 1 aromatic carbocycles. The van der Waals surface area contributed by atoms with E-state index in [9.17, 15) is 23.5 Å². The Labute approximate surface area is 131 Å². The summed E-state index contributed by atoms with van der Waals surface area (Å²) in [5.41, 5.74) is -1.57. The number of carboxylic acid groups (broad SMARTS) is 1. The van der Waals surface area contributed by atoms with Gasteiger partial charge in [0.2, 0.25) is 5.91 Å². The Morgan fingerprint density at radius 3 is 2.48 bits per heavy atom. The zero-order chi connectivity index (χ0) is 16.8. The molecule has 0 bridgehead atoms. The van der Waals surface area contributed by atoms with Crippen molar-refractivity contribution < 1.29 is 28.6 Å². The highest BCUT2D eigenvalue weighted by molar-refractivity contribution is 5.84. The van der Waals surface area contributed by atoms with Gasteiger partial charge in [0.05, 0.1) is 0 Å². The van der Waals surface area contributed by atoms with Gasteiger partial charge < -0.3 is 15.1 Å². The number of rotatable bonds is 3. The van der Waals surface area contributed by atoms with E-state index in [-0.39, 0.29) is 43.3 Å². The molecule has 1 saturated carbocycles. The maximum Gasteiger partial charge on any atom is 0.335 e. The van der Waals surface area contributed by atoms with Crippen LogP contribution in [0.2, 0.25) is 0 Å². The summed E-state index contributed by atoms with van der Waals surface area (Å²) in [4.78, 5) is 24.9. The van der Waals surface area contributed by atoms with Gasteiger partial charge in [0.15, 0.2) is 5.60 Å². The van der Waals surface area contributed by atoms with Gasteiger partial charge in [-0.15, -0.1) is 0 Å². The molecule has 2 N–H and O–H groups in total. The third kappa shape index (κ3) is 2.93. The lowest BCUT2D eigenvalue weighted by molar-refractivity contribution is -0.165. The van der Waals surface area contributed by atoms with Gasteiger partial charge in [-0.3, -0.25) is 4.79 Å². The quantitative estimate of drug-likeness (QED) is 0.883. The first-order chi connectivity index (χ1) is 10.8. The fourth-order valence-corrected chi connectivity index (χ4v) is 3.16. The van der Waals surface area contributed by atoms with Crippen LogP contribution in [0.1, 0.15) is 30.7 Å². The average Bonchev–Trinajstić information content (AvgIpc) is 3.30. The van der Waals surface area contributed by atoms with Gasteiger partial charge >= 0.3 is 5.97 Å². The van der Waals surface area contributed by atoms with E-state index in [4.69, 9.17) is 5.11 Å². The molecule has 0 spiro atoms. The van der Waals surface area contributed by atoms with Crippen molar-refractivity contribution in [3.63, 3.8) is 0 Å². The summed E-state index contributed by atoms with van der Waals surface area (Å²) in [6.45, 7) is 0.299. The van der Waals surface area contributed by atoms with Crippen LogP contribution in [-0.4, -0.2) is 45.7 Å². The van der Waals surface area contributed by atoms with Crippen LogP contribution in [0.5, 0.6) is 0 Å². The number of piperidine rings is 1. The first-order valence-corrected chi connectivity index (χ1v) is 7.51. The van der Waals surface area contributed by atoms with Crippen LogP contribution < -0.4 is 0 Å². The Hall–Kier alpha value is -2.02. The molecule has 124 valence electrons. The molecule has 1 aliphatic carbocycles. The van der Waals surface area contributed by atoms with Crippen LogP contribution in [0.3, 0.4) is 0 Å². The van der Waals surface area contributed by atoms with Crippen LogP contribution in [-0.2, 0) is 9.59 Å². The minimum Gasteiger partial charge on any atom is -0.479 e. The standard InChI is InChI=1S/C16H17F2NO4/c17-9-1-2-13(18)11(7-9)10-8-12(10)14(20)19-5-3-16(23,4-6-19)15(21)22/h1-2,7,10,12,23H,3-6,8H2,(H,21,22). The maximum atomic E-state index is 13.7. The number of amides is 1. The van der Waals surface area contributed by atoms with Gasteiger partial charge in [0, 0.05) is 31.8 Å². The summed E-state index contributed by atoms with van der Waals surface area (Å²) >= 11 is 0. The van der Waals surface area contributed by atoms with Gasteiger partial charge in [-0.1, -0.05) is 0 Å². The predicted molar refractivity (Wildman–Crippen MR) is 75.6 cm³/mol. The third-order valence-corrected chi connectivity index (χ3v) is 4.77. The number of nitrogens with zero attached hydrogens (tertiary/aromatic N) is 1. The van der Waals surface area contributed by atoms with Crippen LogP contribution in [0.15, 0.2) is 18.2 Å². The zero-order valence-corrected chi connectivity index (χ0v) is 12.3. The van der Waals surface area contributed by atoms with Gasteiger partial charge in [0.1, 0.15) is 11.6 Å². The van der Waals surface area contributed by atoms with E-state index in [1.165, 1.54) is 4.90 Å². The maximum absolute atomic E-state index is 13.7. The molecule has 1 saturated heterocycles. The molecule has 0 radical (unpaired) electrons. The molecular weight excluding hydrogens is 308 g/mol. The molecule has 2 fully saturated rings. The zero-order valence-electron chi connectivity index (χ0n) is 12.3. The summed E-state index contributed by atoms with van der Waals surface area (Å²) in [6, 6.07) is 3.21. The van der Waals surface area contributed by atoms with E-state index in [0.29, 0.717) is 6.42 Å². The number of benzene rings is 1. The van der Waals surface area contributed by atoms with Crippen molar-refractivity contribution in [1.29, 1.82) is 0 Å².